The van der Waals surface area contributed by atoms with E-state index in [1.807, 2.05) is 13.8 Å². The van der Waals surface area contributed by atoms with Gasteiger partial charge in [-0.05, 0) is 38.0 Å². The van der Waals surface area contributed by atoms with Crippen LogP contribution in [0.1, 0.15) is 32.6 Å². The fourth-order valence-electron chi connectivity index (χ4n) is 1.86. The lowest BCUT2D eigenvalue weighted by atomic mass is 9.95. The molecule has 6 heteroatoms. The SMILES string of the molecule is CC(C)C(C)(C)OP(=O)(O)Cc1cc2c(F)cccc2s1. The Morgan fingerprint density at radius 1 is 1.43 bits per heavy atom. The molecule has 0 aliphatic heterocycles. The molecule has 0 bridgehead atoms. The van der Waals surface area contributed by atoms with Gasteiger partial charge in [-0.1, -0.05) is 19.9 Å². The molecule has 1 aromatic carbocycles. The van der Waals surface area contributed by atoms with Crippen LogP contribution in [0.25, 0.3) is 10.1 Å². The highest BCUT2D eigenvalue weighted by atomic mass is 32.1. The summed E-state index contributed by atoms with van der Waals surface area (Å²) in [5.74, 6) is -0.205. The molecule has 0 aliphatic rings. The first-order chi connectivity index (χ1) is 9.61. The lowest BCUT2D eigenvalue weighted by molar-refractivity contribution is 0.0472. The van der Waals surface area contributed by atoms with Crippen LogP contribution in [0.15, 0.2) is 24.3 Å². The third kappa shape index (κ3) is 3.92. The number of hydrogen-bond donors (Lipinski definition) is 1. The zero-order chi connectivity index (χ0) is 15.8. The summed E-state index contributed by atoms with van der Waals surface area (Å²) in [5, 5.41) is 0.487. The van der Waals surface area contributed by atoms with Crippen molar-refractivity contribution >= 4 is 29.0 Å². The Kier molecular flexibility index (Phi) is 4.60. The van der Waals surface area contributed by atoms with Crippen LogP contribution in [0.4, 0.5) is 4.39 Å². The molecule has 0 radical (unpaired) electrons. The van der Waals surface area contributed by atoms with Crippen molar-refractivity contribution < 1.29 is 18.4 Å². The largest absolute Gasteiger partial charge is 0.333 e. The minimum absolute atomic E-state index is 0.0953. The van der Waals surface area contributed by atoms with Gasteiger partial charge in [-0.15, -0.1) is 11.3 Å². The molecule has 1 aromatic heterocycles. The lowest BCUT2D eigenvalue weighted by Crippen LogP contribution is -2.29. The van der Waals surface area contributed by atoms with Gasteiger partial charge < -0.3 is 9.42 Å². The molecule has 0 spiro atoms. The van der Waals surface area contributed by atoms with Crippen LogP contribution in [-0.2, 0) is 15.3 Å². The van der Waals surface area contributed by atoms with E-state index in [0.717, 1.165) is 4.70 Å². The summed E-state index contributed by atoms with van der Waals surface area (Å²) in [6.45, 7) is 7.47. The summed E-state index contributed by atoms with van der Waals surface area (Å²) in [5.41, 5.74) is -0.688. The second-order valence-corrected chi connectivity index (χ2v) is 8.95. The Hall–Kier alpha value is -0.740. The molecule has 21 heavy (non-hydrogen) atoms. The molecule has 116 valence electrons. The first-order valence-corrected chi connectivity index (χ1v) is 9.38. The van der Waals surface area contributed by atoms with Gasteiger partial charge in [0.2, 0.25) is 0 Å². The Bertz CT molecular complexity index is 693. The van der Waals surface area contributed by atoms with Crippen molar-refractivity contribution in [3.05, 3.63) is 35.0 Å². The fourth-order valence-corrected chi connectivity index (χ4v) is 4.97. The predicted molar refractivity (Wildman–Crippen MR) is 85.3 cm³/mol. The zero-order valence-corrected chi connectivity index (χ0v) is 14.3. The summed E-state index contributed by atoms with van der Waals surface area (Å²) in [6, 6.07) is 6.45. The van der Waals surface area contributed by atoms with Gasteiger partial charge in [-0.2, -0.15) is 0 Å². The van der Waals surface area contributed by atoms with Crippen LogP contribution in [0.5, 0.6) is 0 Å². The van der Waals surface area contributed by atoms with Gasteiger partial charge in [-0.25, -0.2) is 4.39 Å². The van der Waals surface area contributed by atoms with Crippen molar-refractivity contribution in [3.63, 3.8) is 0 Å². The first kappa shape index (κ1) is 16.6. The van der Waals surface area contributed by atoms with E-state index < -0.39 is 13.2 Å². The van der Waals surface area contributed by atoms with E-state index in [2.05, 4.69) is 0 Å². The smallest absolute Gasteiger partial charge is 0.324 e. The molecule has 0 saturated heterocycles. The molecule has 1 atom stereocenters. The van der Waals surface area contributed by atoms with Crippen molar-refractivity contribution in [1.82, 2.24) is 0 Å². The average Bonchev–Trinajstić information content (AvgIpc) is 2.70. The molecule has 2 rings (SSSR count). The van der Waals surface area contributed by atoms with Crippen molar-refractivity contribution in [2.45, 2.75) is 39.5 Å². The molecular weight excluding hydrogens is 310 g/mol. The number of fused-ring (bicyclic) bond motifs is 1. The molecule has 0 aliphatic carbocycles. The number of benzene rings is 1. The second kappa shape index (κ2) is 5.81. The molecule has 1 heterocycles. The molecule has 0 amide bonds. The van der Waals surface area contributed by atoms with Gasteiger partial charge in [0, 0.05) is 15.0 Å². The van der Waals surface area contributed by atoms with E-state index in [1.165, 1.54) is 17.4 Å². The highest BCUT2D eigenvalue weighted by Gasteiger charge is 2.33. The maximum atomic E-state index is 13.7. The van der Waals surface area contributed by atoms with Crippen LogP contribution in [0.2, 0.25) is 0 Å². The zero-order valence-electron chi connectivity index (χ0n) is 12.6. The normalized spacial score (nSPS) is 15.6. The Labute approximate surface area is 128 Å². The molecule has 1 unspecified atom stereocenters. The first-order valence-electron chi connectivity index (χ1n) is 6.80. The van der Waals surface area contributed by atoms with Crippen molar-refractivity contribution in [2.75, 3.05) is 0 Å². The standard InChI is InChI=1S/C15H20FO3PS/c1-10(2)15(3,4)19-20(17,18)9-11-8-12-13(16)6-5-7-14(12)21-11/h5-8,10H,9H2,1-4H3,(H,17,18). The van der Waals surface area contributed by atoms with E-state index in [1.54, 1.807) is 32.0 Å². The van der Waals surface area contributed by atoms with Gasteiger partial charge in [0.1, 0.15) is 5.82 Å². The summed E-state index contributed by atoms with van der Waals surface area (Å²) in [4.78, 5) is 10.7. The Morgan fingerprint density at radius 2 is 2.10 bits per heavy atom. The monoisotopic (exact) mass is 330 g/mol. The molecule has 0 saturated carbocycles. The lowest BCUT2D eigenvalue weighted by Gasteiger charge is -2.31. The molecular formula is C15H20FO3PS. The van der Waals surface area contributed by atoms with Crippen LogP contribution in [-0.4, -0.2) is 10.5 Å². The van der Waals surface area contributed by atoms with Gasteiger partial charge in [-0.3, -0.25) is 4.57 Å². The van der Waals surface area contributed by atoms with Crippen molar-refractivity contribution in [3.8, 4) is 0 Å². The van der Waals surface area contributed by atoms with Crippen LogP contribution < -0.4 is 0 Å². The van der Waals surface area contributed by atoms with E-state index in [-0.39, 0.29) is 17.9 Å². The highest BCUT2D eigenvalue weighted by molar-refractivity contribution is 7.52. The minimum atomic E-state index is -3.77. The predicted octanol–water partition coefficient (Wildman–Crippen LogP) is 5.18. The molecule has 0 fully saturated rings. The second-order valence-electron chi connectivity index (χ2n) is 6.01. The number of hydrogen-bond acceptors (Lipinski definition) is 3. The van der Waals surface area contributed by atoms with Gasteiger partial charge >= 0.3 is 7.60 Å². The molecule has 2 aromatic rings. The average molecular weight is 330 g/mol. The Morgan fingerprint density at radius 3 is 2.67 bits per heavy atom. The van der Waals surface area contributed by atoms with Gasteiger partial charge in [0.25, 0.3) is 0 Å². The number of rotatable bonds is 5. The summed E-state index contributed by atoms with van der Waals surface area (Å²) in [7, 11) is -3.77. The van der Waals surface area contributed by atoms with E-state index in [4.69, 9.17) is 4.52 Å². The van der Waals surface area contributed by atoms with Gasteiger partial charge in [0.05, 0.1) is 11.8 Å². The third-order valence-corrected chi connectivity index (χ3v) is 6.49. The maximum Gasteiger partial charge on any atom is 0.333 e. The number of halogens is 1. The van der Waals surface area contributed by atoms with Gasteiger partial charge in [0.15, 0.2) is 0 Å². The molecule has 3 nitrogen and oxygen atoms in total. The fraction of sp³-hybridized carbons (Fsp3) is 0.467. The van der Waals surface area contributed by atoms with E-state index in [9.17, 15) is 13.8 Å². The Balaban J connectivity index is 2.22. The maximum absolute atomic E-state index is 13.7. The minimum Gasteiger partial charge on any atom is -0.324 e. The van der Waals surface area contributed by atoms with E-state index in [0.29, 0.717) is 10.3 Å². The van der Waals surface area contributed by atoms with Crippen LogP contribution >= 0.6 is 18.9 Å². The highest BCUT2D eigenvalue weighted by Crippen LogP contribution is 2.52. The van der Waals surface area contributed by atoms with Crippen LogP contribution in [0, 0.1) is 11.7 Å². The van der Waals surface area contributed by atoms with E-state index >= 15 is 0 Å². The quantitative estimate of drug-likeness (QED) is 0.769. The summed E-state index contributed by atoms with van der Waals surface area (Å²) >= 11 is 1.32. The number of thiophene rings is 1. The van der Waals surface area contributed by atoms with Crippen LogP contribution in [0.3, 0.4) is 0 Å². The van der Waals surface area contributed by atoms with Crippen molar-refractivity contribution in [1.29, 1.82) is 0 Å². The summed E-state index contributed by atoms with van der Waals surface area (Å²) in [6.07, 6.45) is -0.0953. The van der Waals surface area contributed by atoms with Crippen molar-refractivity contribution in [2.24, 2.45) is 5.92 Å². The third-order valence-electron chi connectivity index (χ3n) is 3.68. The molecule has 1 N–H and O–H groups in total. The summed E-state index contributed by atoms with van der Waals surface area (Å²) < 4.78 is 32.2. The topological polar surface area (TPSA) is 46.5 Å².